The van der Waals surface area contributed by atoms with Crippen LogP contribution in [0, 0.1) is 5.82 Å². The number of nitrogens with two attached hydrogens (primary N) is 1. The Labute approximate surface area is 93.6 Å². The number of hydrogen-bond acceptors (Lipinski definition) is 3. The lowest BCUT2D eigenvalue weighted by Gasteiger charge is -2.06. The van der Waals surface area contributed by atoms with Crippen molar-refractivity contribution in [2.24, 2.45) is 5.73 Å². The lowest BCUT2D eigenvalue weighted by Crippen LogP contribution is -2.29. The van der Waals surface area contributed by atoms with Crippen LogP contribution in [0.2, 0.25) is 0 Å². The van der Waals surface area contributed by atoms with Crippen molar-refractivity contribution >= 4 is 5.91 Å². The summed E-state index contributed by atoms with van der Waals surface area (Å²) in [6.45, 7) is 1.09. The van der Waals surface area contributed by atoms with Crippen molar-refractivity contribution in [1.82, 2.24) is 5.32 Å². The van der Waals surface area contributed by atoms with Gasteiger partial charge < -0.3 is 15.8 Å². The summed E-state index contributed by atoms with van der Waals surface area (Å²) in [5.74, 6) is -0.0569. The summed E-state index contributed by atoms with van der Waals surface area (Å²) in [6.07, 6.45) is 0.233. The Balaban J connectivity index is 2.22. The Morgan fingerprint density at radius 1 is 1.50 bits per heavy atom. The van der Waals surface area contributed by atoms with Crippen LogP contribution in [0.4, 0.5) is 4.39 Å². The van der Waals surface area contributed by atoms with E-state index in [1.165, 1.54) is 12.1 Å². The Kier molecular flexibility index (Phi) is 5.28. The Bertz CT molecular complexity index is 345. The molecule has 0 unspecified atom stereocenters. The largest absolute Gasteiger partial charge is 0.493 e. The van der Waals surface area contributed by atoms with Crippen LogP contribution < -0.4 is 15.8 Å². The number of benzene rings is 1. The fourth-order valence-electron chi connectivity index (χ4n) is 1.12. The quantitative estimate of drug-likeness (QED) is 0.749. The van der Waals surface area contributed by atoms with Gasteiger partial charge in [0.2, 0.25) is 5.91 Å². The van der Waals surface area contributed by atoms with Gasteiger partial charge in [-0.15, -0.1) is 0 Å². The van der Waals surface area contributed by atoms with Crippen LogP contribution >= 0.6 is 0 Å². The first kappa shape index (κ1) is 12.4. The molecule has 0 atom stereocenters. The van der Waals surface area contributed by atoms with Gasteiger partial charge in [-0.1, -0.05) is 6.07 Å². The average molecular weight is 226 g/mol. The van der Waals surface area contributed by atoms with Gasteiger partial charge in [0.05, 0.1) is 13.0 Å². The zero-order chi connectivity index (χ0) is 11.8. The fraction of sp³-hybridized carbons (Fsp3) is 0.364. The van der Waals surface area contributed by atoms with Crippen molar-refractivity contribution in [3.05, 3.63) is 30.1 Å². The third-order valence-electron chi connectivity index (χ3n) is 1.86. The molecule has 5 heteroatoms. The van der Waals surface area contributed by atoms with E-state index in [1.54, 1.807) is 12.1 Å². The Morgan fingerprint density at radius 2 is 2.31 bits per heavy atom. The highest BCUT2D eigenvalue weighted by Gasteiger charge is 2.01. The lowest BCUT2D eigenvalue weighted by molar-refractivity contribution is -0.121. The Hall–Kier alpha value is -1.62. The third-order valence-corrected chi connectivity index (χ3v) is 1.86. The zero-order valence-electron chi connectivity index (χ0n) is 8.91. The van der Waals surface area contributed by atoms with Crippen LogP contribution in [-0.4, -0.2) is 25.6 Å². The minimum atomic E-state index is -0.356. The monoisotopic (exact) mass is 226 g/mol. The molecular formula is C11H15FN2O2. The second-order valence-corrected chi connectivity index (χ2v) is 3.19. The van der Waals surface area contributed by atoms with E-state index in [9.17, 15) is 9.18 Å². The van der Waals surface area contributed by atoms with Crippen molar-refractivity contribution in [3.63, 3.8) is 0 Å². The average Bonchev–Trinajstić information content (AvgIpc) is 2.26. The molecule has 0 aliphatic carbocycles. The van der Waals surface area contributed by atoms with Gasteiger partial charge >= 0.3 is 0 Å². The molecule has 0 radical (unpaired) electrons. The third kappa shape index (κ3) is 4.75. The molecule has 1 amide bonds. The van der Waals surface area contributed by atoms with Gasteiger partial charge in [-0.3, -0.25) is 4.79 Å². The van der Waals surface area contributed by atoms with Crippen LogP contribution in [0.5, 0.6) is 5.75 Å². The van der Waals surface area contributed by atoms with E-state index in [0.717, 1.165) is 0 Å². The molecule has 3 N–H and O–H groups in total. The number of carbonyl (C=O) groups is 1. The molecule has 0 saturated carbocycles. The molecule has 1 aromatic carbocycles. The standard InChI is InChI=1S/C11H15FN2O2/c12-9-2-1-3-10(8-9)16-7-4-11(15)14-6-5-13/h1-3,8H,4-7,13H2,(H,14,15). The normalized spacial score (nSPS) is 9.88. The van der Waals surface area contributed by atoms with Crippen LogP contribution in [0.3, 0.4) is 0 Å². The summed E-state index contributed by atoms with van der Waals surface area (Å²) in [5.41, 5.74) is 5.23. The minimum absolute atomic E-state index is 0.123. The van der Waals surface area contributed by atoms with Gasteiger partial charge in [0.15, 0.2) is 0 Å². The van der Waals surface area contributed by atoms with Gasteiger partial charge in [-0.25, -0.2) is 4.39 Å². The first-order valence-electron chi connectivity index (χ1n) is 5.07. The molecule has 0 spiro atoms. The highest BCUT2D eigenvalue weighted by molar-refractivity contribution is 5.75. The molecule has 0 aliphatic heterocycles. The first-order chi connectivity index (χ1) is 7.72. The maximum absolute atomic E-state index is 12.7. The van der Waals surface area contributed by atoms with Gasteiger partial charge in [0, 0.05) is 19.2 Å². The first-order valence-corrected chi connectivity index (χ1v) is 5.07. The molecule has 0 bridgehead atoms. The molecule has 0 aliphatic rings. The second-order valence-electron chi connectivity index (χ2n) is 3.19. The van der Waals surface area contributed by atoms with E-state index < -0.39 is 0 Å². The molecule has 1 rings (SSSR count). The minimum Gasteiger partial charge on any atom is -0.493 e. The second kappa shape index (κ2) is 6.79. The van der Waals surface area contributed by atoms with E-state index in [-0.39, 0.29) is 24.8 Å². The predicted octanol–water partition coefficient (Wildman–Crippen LogP) is 0.669. The summed E-state index contributed by atoms with van der Waals surface area (Å²) < 4.78 is 18.0. The van der Waals surface area contributed by atoms with Crippen molar-refractivity contribution < 1.29 is 13.9 Å². The molecule has 16 heavy (non-hydrogen) atoms. The van der Waals surface area contributed by atoms with E-state index in [0.29, 0.717) is 18.8 Å². The maximum Gasteiger partial charge on any atom is 0.223 e. The molecule has 4 nitrogen and oxygen atoms in total. The summed E-state index contributed by atoms with van der Waals surface area (Å²) in [6, 6.07) is 5.80. The number of ether oxygens (including phenoxy) is 1. The highest BCUT2D eigenvalue weighted by atomic mass is 19.1. The lowest BCUT2D eigenvalue weighted by atomic mass is 10.3. The molecule has 0 fully saturated rings. The molecule has 0 saturated heterocycles. The SMILES string of the molecule is NCCNC(=O)CCOc1cccc(F)c1. The number of carbonyl (C=O) groups excluding carboxylic acids is 1. The summed E-state index contributed by atoms with van der Waals surface area (Å²) in [4.78, 5) is 11.1. The topological polar surface area (TPSA) is 64.3 Å². The van der Waals surface area contributed by atoms with Crippen molar-refractivity contribution in [3.8, 4) is 5.75 Å². The van der Waals surface area contributed by atoms with E-state index in [4.69, 9.17) is 10.5 Å². The highest BCUT2D eigenvalue weighted by Crippen LogP contribution is 2.11. The number of halogens is 1. The van der Waals surface area contributed by atoms with Crippen LogP contribution in [0.1, 0.15) is 6.42 Å². The van der Waals surface area contributed by atoms with Crippen LogP contribution in [0.25, 0.3) is 0 Å². The van der Waals surface area contributed by atoms with Gasteiger partial charge in [0.25, 0.3) is 0 Å². The Morgan fingerprint density at radius 3 is 3.00 bits per heavy atom. The number of amides is 1. The van der Waals surface area contributed by atoms with E-state index in [2.05, 4.69) is 5.32 Å². The van der Waals surface area contributed by atoms with Crippen molar-refractivity contribution in [1.29, 1.82) is 0 Å². The summed E-state index contributed by atoms with van der Waals surface area (Å²) in [7, 11) is 0. The van der Waals surface area contributed by atoms with Gasteiger partial charge in [0.1, 0.15) is 11.6 Å². The maximum atomic E-state index is 12.7. The van der Waals surface area contributed by atoms with E-state index >= 15 is 0 Å². The number of rotatable bonds is 6. The number of nitrogens with one attached hydrogen (secondary N) is 1. The van der Waals surface area contributed by atoms with Crippen molar-refractivity contribution in [2.75, 3.05) is 19.7 Å². The molecule has 88 valence electrons. The van der Waals surface area contributed by atoms with Crippen LogP contribution in [-0.2, 0) is 4.79 Å². The smallest absolute Gasteiger partial charge is 0.223 e. The van der Waals surface area contributed by atoms with Gasteiger partial charge in [-0.2, -0.15) is 0 Å². The number of hydrogen-bond donors (Lipinski definition) is 2. The van der Waals surface area contributed by atoms with Crippen molar-refractivity contribution in [2.45, 2.75) is 6.42 Å². The summed E-state index contributed by atoms with van der Waals surface area (Å²) in [5, 5.41) is 2.61. The zero-order valence-corrected chi connectivity index (χ0v) is 8.91. The fourth-order valence-corrected chi connectivity index (χ4v) is 1.12. The molecule has 0 aromatic heterocycles. The predicted molar refractivity (Wildman–Crippen MR) is 58.6 cm³/mol. The molecule has 0 heterocycles. The molecule has 1 aromatic rings. The van der Waals surface area contributed by atoms with E-state index in [1.807, 2.05) is 0 Å². The molecular weight excluding hydrogens is 211 g/mol. The van der Waals surface area contributed by atoms with Gasteiger partial charge in [-0.05, 0) is 12.1 Å². The van der Waals surface area contributed by atoms with Crippen LogP contribution in [0.15, 0.2) is 24.3 Å². The summed E-state index contributed by atoms with van der Waals surface area (Å²) >= 11 is 0.